The molecule has 0 unspecified atom stereocenters. The second-order valence-electron chi connectivity index (χ2n) is 7.99. The number of hydrogen-bond acceptors (Lipinski definition) is 3. The number of unbranched alkanes of at least 4 members (excludes halogenated alkanes) is 2. The van der Waals surface area contributed by atoms with Gasteiger partial charge in [-0.2, -0.15) is 5.10 Å². The molecule has 0 aliphatic carbocycles. The molecule has 3 nitrogen and oxygen atoms in total. The van der Waals surface area contributed by atoms with Crippen LogP contribution in [-0.2, 0) is 5.41 Å². The van der Waals surface area contributed by atoms with E-state index in [0.717, 1.165) is 38.9 Å². The van der Waals surface area contributed by atoms with Gasteiger partial charge in [0.1, 0.15) is 5.03 Å². The molecule has 3 rings (SSSR count). The van der Waals surface area contributed by atoms with Crippen molar-refractivity contribution in [2.45, 2.75) is 64.3 Å². The molecule has 0 saturated carbocycles. The van der Waals surface area contributed by atoms with E-state index in [1.807, 2.05) is 40.5 Å². The molecule has 0 aliphatic heterocycles. The maximum absolute atomic E-state index is 6.08. The molecular weight excluding hydrogens is 374 g/mol. The lowest BCUT2D eigenvalue weighted by atomic mass is 9.92. The summed E-state index contributed by atoms with van der Waals surface area (Å²) >= 11 is 7.96. The van der Waals surface area contributed by atoms with Crippen LogP contribution in [0.1, 0.15) is 58.3 Å². The summed E-state index contributed by atoms with van der Waals surface area (Å²) in [6, 6.07) is 10.2. The number of halogens is 1. The number of rotatable bonds is 6. The molecule has 0 N–H and O–H groups in total. The van der Waals surface area contributed by atoms with Gasteiger partial charge in [0.2, 0.25) is 0 Å². The highest BCUT2D eigenvalue weighted by Gasteiger charge is 2.22. The van der Waals surface area contributed by atoms with Gasteiger partial charge < -0.3 is 0 Å². The van der Waals surface area contributed by atoms with Crippen LogP contribution in [0.15, 0.2) is 35.4 Å². The molecule has 0 atom stereocenters. The van der Waals surface area contributed by atoms with Crippen molar-refractivity contribution >= 4 is 29.0 Å². The monoisotopic (exact) mass is 401 g/mol. The average molecular weight is 402 g/mol. The Balaban J connectivity index is 2.14. The molecule has 0 amide bonds. The Labute approximate surface area is 171 Å². The molecule has 0 bridgehead atoms. The molecule has 27 heavy (non-hydrogen) atoms. The third-order valence-corrected chi connectivity index (χ3v) is 5.96. The van der Waals surface area contributed by atoms with Gasteiger partial charge in [0.15, 0.2) is 5.65 Å². The highest BCUT2D eigenvalue weighted by atomic mass is 35.5. The number of aromatic nitrogens is 3. The lowest BCUT2D eigenvalue weighted by Gasteiger charge is -2.19. The van der Waals surface area contributed by atoms with Crippen LogP contribution in [0.25, 0.3) is 16.8 Å². The smallest absolute Gasteiger partial charge is 0.164 e. The van der Waals surface area contributed by atoms with Crippen molar-refractivity contribution < 1.29 is 0 Å². The highest BCUT2D eigenvalue weighted by molar-refractivity contribution is 7.99. The third kappa shape index (κ3) is 4.49. The first-order chi connectivity index (χ1) is 12.8. The molecule has 0 fully saturated rings. The van der Waals surface area contributed by atoms with Crippen molar-refractivity contribution in [3.8, 4) is 11.1 Å². The summed E-state index contributed by atoms with van der Waals surface area (Å²) in [4.78, 5) is 5.03. The molecule has 144 valence electrons. The van der Waals surface area contributed by atoms with Crippen LogP contribution >= 0.6 is 23.4 Å². The van der Waals surface area contributed by atoms with Crippen LogP contribution < -0.4 is 0 Å². The minimum atomic E-state index is -0.0179. The molecule has 2 aromatic heterocycles. The van der Waals surface area contributed by atoms with E-state index in [1.54, 1.807) is 0 Å². The van der Waals surface area contributed by atoms with Gasteiger partial charge in [-0.1, -0.05) is 64.3 Å². The predicted octanol–water partition coefficient (Wildman–Crippen LogP) is 6.94. The second-order valence-corrected chi connectivity index (χ2v) is 9.54. The number of nitrogens with zero attached hydrogens (tertiary/aromatic N) is 3. The van der Waals surface area contributed by atoms with Crippen LogP contribution in [0.5, 0.6) is 0 Å². The number of benzene rings is 1. The lowest BCUT2D eigenvalue weighted by molar-refractivity contribution is 0.563. The lowest BCUT2D eigenvalue weighted by Crippen LogP contribution is -2.15. The fraction of sp³-hybridized carbons (Fsp3) is 0.455. The minimum absolute atomic E-state index is 0.0179. The normalized spacial score (nSPS) is 12.1. The molecule has 0 saturated heterocycles. The van der Waals surface area contributed by atoms with Gasteiger partial charge in [-0.05, 0) is 42.9 Å². The first kappa shape index (κ1) is 20.2. The van der Waals surface area contributed by atoms with E-state index in [0.29, 0.717) is 0 Å². The number of fused-ring (bicyclic) bond motifs is 1. The van der Waals surface area contributed by atoms with E-state index < -0.39 is 0 Å². The van der Waals surface area contributed by atoms with Crippen molar-refractivity contribution in [2.24, 2.45) is 0 Å². The molecule has 0 spiro atoms. The molecule has 2 heterocycles. The molecule has 0 aliphatic rings. The van der Waals surface area contributed by atoms with Crippen LogP contribution in [-0.4, -0.2) is 20.4 Å². The maximum Gasteiger partial charge on any atom is 0.164 e. The van der Waals surface area contributed by atoms with Crippen molar-refractivity contribution in [1.29, 1.82) is 0 Å². The number of thioether (sulfide) groups is 1. The summed E-state index contributed by atoms with van der Waals surface area (Å²) in [6.07, 6.45) is 3.72. The van der Waals surface area contributed by atoms with Crippen molar-refractivity contribution in [3.05, 3.63) is 46.7 Å². The molecular formula is C22H28ClN3S. The molecule has 1 aromatic carbocycles. The van der Waals surface area contributed by atoms with Crippen LogP contribution in [0.2, 0.25) is 5.02 Å². The minimum Gasteiger partial charge on any atom is -0.232 e. The van der Waals surface area contributed by atoms with E-state index in [4.69, 9.17) is 21.7 Å². The van der Waals surface area contributed by atoms with E-state index in [-0.39, 0.29) is 5.41 Å². The van der Waals surface area contributed by atoms with E-state index in [1.165, 1.54) is 24.3 Å². The zero-order chi connectivity index (χ0) is 19.6. The molecule has 5 heteroatoms. The van der Waals surface area contributed by atoms with Crippen molar-refractivity contribution in [2.75, 3.05) is 5.75 Å². The molecule has 0 radical (unpaired) electrons. The summed E-state index contributed by atoms with van der Waals surface area (Å²) in [5, 5.41) is 6.74. The summed E-state index contributed by atoms with van der Waals surface area (Å²) in [7, 11) is 0. The Hall–Kier alpha value is -1.52. The summed E-state index contributed by atoms with van der Waals surface area (Å²) in [5.41, 5.74) is 5.20. The number of aryl methyl sites for hydroxylation is 1. The van der Waals surface area contributed by atoms with E-state index >= 15 is 0 Å². The third-order valence-electron chi connectivity index (χ3n) is 4.63. The first-order valence-electron chi connectivity index (χ1n) is 9.61. The summed E-state index contributed by atoms with van der Waals surface area (Å²) < 4.78 is 2.02. The van der Waals surface area contributed by atoms with Gasteiger partial charge in [-0.25, -0.2) is 9.50 Å². The molecule has 3 aromatic rings. The maximum atomic E-state index is 6.08. The first-order valence-corrected chi connectivity index (χ1v) is 11.0. The fourth-order valence-electron chi connectivity index (χ4n) is 3.07. The van der Waals surface area contributed by atoms with Gasteiger partial charge in [-0.3, -0.25) is 0 Å². The Kier molecular flexibility index (Phi) is 6.17. The summed E-state index contributed by atoms with van der Waals surface area (Å²) in [6.45, 7) is 10.9. The van der Waals surface area contributed by atoms with Crippen LogP contribution in [0, 0.1) is 6.92 Å². The Morgan fingerprint density at radius 1 is 1.11 bits per heavy atom. The largest absolute Gasteiger partial charge is 0.232 e. The van der Waals surface area contributed by atoms with Crippen molar-refractivity contribution in [1.82, 2.24) is 14.6 Å². The van der Waals surface area contributed by atoms with Crippen molar-refractivity contribution in [3.63, 3.8) is 0 Å². The van der Waals surface area contributed by atoms with E-state index in [2.05, 4.69) is 40.7 Å². The van der Waals surface area contributed by atoms with Gasteiger partial charge in [0, 0.05) is 16.0 Å². The zero-order valence-corrected chi connectivity index (χ0v) is 18.4. The quantitative estimate of drug-likeness (QED) is 0.254. The number of hydrogen-bond donors (Lipinski definition) is 0. The highest BCUT2D eigenvalue weighted by Crippen LogP contribution is 2.33. The van der Waals surface area contributed by atoms with E-state index in [9.17, 15) is 0 Å². The second kappa shape index (κ2) is 8.24. The Morgan fingerprint density at radius 2 is 1.81 bits per heavy atom. The van der Waals surface area contributed by atoms with Gasteiger partial charge in [-0.15, -0.1) is 11.8 Å². The fourth-order valence-corrected chi connectivity index (χ4v) is 4.19. The standard InChI is InChI=1S/C22H28ClN3S/c1-6-7-8-13-27-19-14-18(22(3,4)5)24-21-20(15(2)25-26(19)21)16-9-11-17(23)12-10-16/h9-12,14H,6-8,13H2,1-5H3. The van der Waals surface area contributed by atoms with Gasteiger partial charge in [0.25, 0.3) is 0 Å². The van der Waals surface area contributed by atoms with Crippen LogP contribution in [0.3, 0.4) is 0 Å². The predicted molar refractivity (Wildman–Crippen MR) is 117 cm³/mol. The Morgan fingerprint density at radius 3 is 2.44 bits per heavy atom. The van der Waals surface area contributed by atoms with Crippen LogP contribution in [0.4, 0.5) is 0 Å². The zero-order valence-electron chi connectivity index (χ0n) is 16.8. The SMILES string of the molecule is CCCCCSc1cc(C(C)(C)C)nc2c(-c3ccc(Cl)cc3)c(C)nn12. The van der Waals surface area contributed by atoms with Gasteiger partial charge in [0.05, 0.1) is 11.4 Å². The Bertz CT molecular complexity index is 923. The van der Waals surface area contributed by atoms with Gasteiger partial charge >= 0.3 is 0 Å². The summed E-state index contributed by atoms with van der Waals surface area (Å²) in [5.74, 6) is 1.10. The average Bonchev–Trinajstić information content (AvgIpc) is 2.95. The topological polar surface area (TPSA) is 30.2 Å².